The zero-order chi connectivity index (χ0) is 23.7. The van der Waals surface area contributed by atoms with Crippen LogP contribution < -0.4 is 4.74 Å². The molecule has 2 bridgehead atoms. The fourth-order valence-corrected chi connectivity index (χ4v) is 6.57. The predicted molar refractivity (Wildman–Crippen MR) is 134 cm³/mol. The first-order valence-corrected chi connectivity index (χ1v) is 12.5. The van der Waals surface area contributed by atoms with Gasteiger partial charge >= 0.3 is 0 Å². The van der Waals surface area contributed by atoms with Crippen LogP contribution in [0.4, 0.5) is 0 Å². The third-order valence-electron chi connectivity index (χ3n) is 8.18. The topological polar surface area (TPSA) is 59.0 Å². The van der Waals surface area contributed by atoms with Gasteiger partial charge < -0.3 is 4.74 Å². The molecule has 174 valence electrons. The van der Waals surface area contributed by atoms with Crippen molar-refractivity contribution in [2.75, 3.05) is 0 Å². The van der Waals surface area contributed by atoms with Crippen LogP contribution >= 0.6 is 11.6 Å². The number of ether oxygens (including phenoxy) is 1. The van der Waals surface area contributed by atoms with Gasteiger partial charge in [0.25, 0.3) is 11.8 Å². The van der Waals surface area contributed by atoms with E-state index in [1.807, 2.05) is 60.7 Å². The molecule has 2 saturated carbocycles. The maximum absolute atomic E-state index is 13.3. The molecule has 0 radical (unpaired) electrons. The van der Waals surface area contributed by atoms with Crippen LogP contribution in [0.3, 0.4) is 0 Å². The molecule has 6 atom stereocenters. The standard InChI is InChI=1S/C29H23ClN2O3/c30-18-8-5-16(6-9-18)15-35-25-12-7-17-3-1-2-4-19(17)24(25)14-31-32-28(33)26-20-10-11-21(23-13-22(20)23)27(26)29(32)34/h1-12,14,20-23,26-27H,13,15H2/b31-14-/t20-,21-,22-,23+,26-,27+/m0/s1. The summed E-state index contributed by atoms with van der Waals surface area (Å²) in [7, 11) is 0. The van der Waals surface area contributed by atoms with E-state index in [4.69, 9.17) is 16.3 Å². The Kier molecular flexibility index (Phi) is 4.65. The van der Waals surface area contributed by atoms with Crippen LogP contribution in [0, 0.1) is 35.5 Å². The number of nitrogens with zero attached hydrogens (tertiary/aromatic N) is 2. The summed E-state index contributed by atoms with van der Waals surface area (Å²) in [6, 6.07) is 19.4. The van der Waals surface area contributed by atoms with Crippen LogP contribution in [0.15, 0.2) is 77.9 Å². The second kappa shape index (κ2) is 7.79. The van der Waals surface area contributed by atoms with Crippen LogP contribution in [0.25, 0.3) is 10.8 Å². The van der Waals surface area contributed by atoms with Gasteiger partial charge in [-0.2, -0.15) is 10.1 Å². The first kappa shape index (κ1) is 20.9. The summed E-state index contributed by atoms with van der Waals surface area (Å²) in [5.74, 6) is 1.30. The highest BCUT2D eigenvalue weighted by Gasteiger charge is 2.67. The van der Waals surface area contributed by atoms with Crippen LogP contribution in [0.5, 0.6) is 5.75 Å². The lowest BCUT2D eigenvalue weighted by atomic mass is 9.63. The number of imide groups is 1. The van der Waals surface area contributed by atoms with Gasteiger partial charge in [-0.25, -0.2) is 0 Å². The lowest BCUT2D eigenvalue weighted by molar-refractivity contribution is -0.140. The molecule has 4 aliphatic carbocycles. The lowest BCUT2D eigenvalue weighted by Crippen LogP contribution is -2.40. The lowest BCUT2D eigenvalue weighted by Gasteiger charge is -2.37. The van der Waals surface area contributed by atoms with Gasteiger partial charge in [-0.1, -0.05) is 66.2 Å². The summed E-state index contributed by atoms with van der Waals surface area (Å²) < 4.78 is 6.17. The van der Waals surface area contributed by atoms with Crippen molar-refractivity contribution in [3.05, 3.63) is 89.0 Å². The molecule has 8 rings (SSSR count). The van der Waals surface area contributed by atoms with Crippen molar-refractivity contribution >= 4 is 40.4 Å². The number of halogens is 1. The third kappa shape index (κ3) is 3.25. The first-order valence-electron chi connectivity index (χ1n) is 12.1. The molecule has 0 N–H and O–H groups in total. The van der Waals surface area contributed by atoms with Crippen LogP contribution in [0.2, 0.25) is 5.02 Å². The van der Waals surface area contributed by atoms with E-state index < -0.39 is 0 Å². The van der Waals surface area contributed by atoms with Gasteiger partial charge in [-0.15, -0.1) is 0 Å². The van der Waals surface area contributed by atoms with Gasteiger partial charge in [0.15, 0.2) is 0 Å². The van der Waals surface area contributed by atoms with Crippen molar-refractivity contribution < 1.29 is 14.3 Å². The summed E-state index contributed by atoms with van der Waals surface area (Å²) in [4.78, 5) is 26.7. The molecule has 3 aromatic carbocycles. The summed E-state index contributed by atoms with van der Waals surface area (Å²) >= 11 is 6.00. The molecular weight excluding hydrogens is 460 g/mol. The summed E-state index contributed by atoms with van der Waals surface area (Å²) in [5.41, 5.74) is 1.73. The average molecular weight is 483 g/mol. The highest BCUT2D eigenvalue weighted by Crippen LogP contribution is 2.65. The van der Waals surface area contributed by atoms with E-state index in [9.17, 15) is 9.59 Å². The second-order valence-corrected chi connectivity index (χ2v) is 10.4. The predicted octanol–water partition coefficient (Wildman–Crippen LogP) is 5.46. The number of allylic oxidation sites excluding steroid dienone is 2. The van der Waals surface area contributed by atoms with E-state index in [2.05, 4.69) is 17.3 Å². The van der Waals surface area contributed by atoms with Gasteiger partial charge in [0.1, 0.15) is 12.4 Å². The number of hydrogen-bond donors (Lipinski definition) is 0. The summed E-state index contributed by atoms with van der Waals surface area (Å²) in [5, 5.41) is 8.25. The minimum atomic E-state index is -0.258. The molecule has 0 aromatic heterocycles. The number of carbonyl (C=O) groups excluding carboxylic acids is 2. The Morgan fingerprint density at radius 3 is 2.31 bits per heavy atom. The van der Waals surface area contributed by atoms with Crippen molar-refractivity contribution in [3.63, 3.8) is 0 Å². The minimum absolute atomic E-state index is 0.162. The number of rotatable bonds is 5. The third-order valence-corrected chi connectivity index (χ3v) is 8.43. The van der Waals surface area contributed by atoms with Gasteiger partial charge in [-0.05, 0) is 64.6 Å². The average Bonchev–Trinajstić information content (AvgIpc) is 3.67. The quantitative estimate of drug-likeness (QED) is 0.275. The van der Waals surface area contributed by atoms with Gasteiger partial charge in [0.05, 0.1) is 18.1 Å². The smallest absolute Gasteiger partial charge is 0.254 e. The van der Waals surface area contributed by atoms with E-state index in [-0.39, 0.29) is 35.5 Å². The Hall–Kier alpha value is -3.44. The molecule has 1 heterocycles. The van der Waals surface area contributed by atoms with E-state index in [1.165, 1.54) is 0 Å². The number of hydrazone groups is 1. The van der Waals surface area contributed by atoms with E-state index in [1.54, 1.807) is 6.21 Å². The number of benzene rings is 3. The van der Waals surface area contributed by atoms with E-state index >= 15 is 0 Å². The van der Waals surface area contributed by atoms with Crippen LogP contribution in [-0.2, 0) is 16.2 Å². The molecule has 6 heteroatoms. The van der Waals surface area contributed by atoms with Crippen molar-refractivity contribution in [1.82, 2.24) is 5.01 Å². The van der Waals surface area contributed by atoms with Crippen LogP contribution in [-0.4, -0.2) is 23.0 Å². The molecule has 5 nitrogen and oxygen atoms in total. The Morgan fingerprint density at radius 1 is 0.914 bits per heavy atom. The van der Waals surface area contributed by atoms with E-state index in [0.717, 1.165) is 33.3 Å². The summed E-state index contributed by atoms with van der Waals surface area (Å²) in [6.45, 7) is 0.361. The first-order chi connectivity index (χ1) is 17.1. The normalized spacial score (nSPS) is 30.3. The molecule has 1 saturated heterocycles. The van der Waals surface area contributed by atoms with Gasteiger partial charge in [0, 0.05) is 10.6 Å². The van der Waals surface area contributed by atoms with Gasteiger partial charge in [0.2, 0.25) is 0 Å². The van der Waals surface area contributed by atoms with Gasteiger partial charge in [-0.3, -0.25) is 9.59 Å². The minimum Gasteiger partial charge on any atom is -0.488 e. The van der Waals surface area contributed by atoms with Crippen molar-refractivity contribution in [2.45, 2.75) is 13.0 Å². The van der Waals surface area contributed by atoms with Crippen molar-refractivity contribution in [1.29, 1.82) is 0 Å². The molecule has 0 unspecified atom stereocenters. The molecule has 5 aliphatic rings. The zero-order valence-electron chi connectivity index (χ0n) is 18.9. The molecular formula is C29H23ClN2O3. The van der Waals surface area contributed by atoms with Crippen molar-refractivity contribution in [3.8, 4) is 5.75 Å². The largest absolute Gasteiger partial charge is 0.488 e. The molecule has 3 aromatic rings. The molecule has 2 amide bonds. The zero-order valence-corrected chi connectivity index (χ0v) is 19.6. The summed E-state index contributed by atoms with van der Waals surface area (Å²) in [6.07, 6.45) is 7.10. The number of carbonyl (C=O) groups is 2. The highest BCUT2D eigenvalue weighted by molar-refractivity contribution is 6.30. The molecule has 1 aliphatic heterocycles. The number of hydrogen-bond acceptors (Lipinski definition) is 4. The van der Waals surface area contributed by atoms with Crippen molar-refractivity contribution in [2.24, 2.45) is 40.6 Å². The SMILES string of the molecule is O=C1[C@@H]2[C@H]3C=C[C@@H]([C@@H]4C[C@H]34)[C@@H]2C(=O)N1/N=C\c1c(OCc2ccc(Cl)cc2)ccc2ccccc12. The monoisotopic (exact) mass is 482 g/mol. The van der Waals surface area contributed by atoms with Crippen LogP contribution in [0.1, 0.15) is 17.5 Å². The molecule has 3 fully saturated rings. The Balaban J connectivity index is 1.21. The Labute approximate surface area is 208 Å². The molecule has 35 heavy (non-hydrogen) atoms. The number of amides is 2. The highest BCUT2D eigenvalue weighted by atomic mass is 35.5. The maximum Gasteiger partial charge on any atom is 0.254 e. The number of fused-ring (bicyclic) bond motifs is 1. The van der Waals surface area contributed by atoms with E-state index in [0.29, 0.717) is 29.2 Å². The molecule has 0 spiro atoms. The fraction of sp³-hybridized carbons (Fsp3) is 0.276. The second-order valence-electron chi connectivity index (χ2n) is 10.0. The maximum atomic E-state index is 13.3. The fourth-order valence-electron chi connectivity index (χ4n) is 6.45. The Morgan fingerprint density at radius 2 is 1.60 bits per heavy atom. The Bertz CT molecular complexity index is 1390.